The molecule has 0 heterocycles. The highest BCUT2D eigenvalue weighted by Gasteiger charge is 2.37. The SMILES string of the molecule is CCOCc1ccc(CNC(=O)C2CCCCC2(C)N)cc1. The van der Waals surface area contributed by atoms with Crippen molar-refractivity contribution in [2.45, 2.75) is 58.2 Å². The number of carbonyl (C=O) groups is 1. The molecule has 4 nitrogen and oxygen atoms in total. The molecular weight excluding hydrogens is 276 g/mol. The lowest BCUT2D eigenvalue weighted by Gasteiger charge is -2.37. The van der Waals surface area contributed by atoms with E-state index in [1.165, 1.54) is 0 Å². The van der Waals surface area contributed by atoms with Gasteiger partial charge in [-0.25, -0.2) is 0 Å². The third-order valence-corrected chi connectivity index (χ3v) is 4.53. The third-order valence-electron chi connectivity index (χ3n) is 4.53. The monoisotopic (exact) mass is 304 g/mol. The number of rotatable bonds is 6. The highest BCUT2D eigenvalue weighted by molar-refractivity contribution is 5.80. The molecule has 1 aromatic carbocycles. The van der Waals surface area contributed by atoms with Crippen molar-refractivity contribution in [1.82, 2.24) is 5.32 Å². The van der Waals surface area contributed by atoms with Gasteiger partial charge in [0.05, 0.1) is 12.5 Å². The van der Waals surface area contributed by atoms with Gasteiger partial charge in [-0.3, -0.25) is 4.79 Å². The number of amides is 1. The summed E-state index contributed by atoms with van der Waals surface area (Å²) in [6, 6.07) is 8.17. The first-order chi connectivity index (χ1) is 10.5. The lowest BCUT2D eigenvalue weighted by molar-refractivity contribution is -0.128. The van der Waals surface area contributed by atoms with E-state index in [0.717, 1.165) is 43.4 Å². The minimum absolute atomic E-state index is 0.0709. The number of nitrogens with one attached hydrogen (secondary N) is 1. The van der Waals surface area contributed by atoms with Crippen LogP contribution >= 0.6 is 0 Å². The maximum atomic E-state index is 12.4. The molecule has 0 spiro atoms. The van der Waals surface area contributed by atoms with Crippen molar-refractivity contribution in [3.63, 3.8) is 0 Å². The molecule has 1 aliphatic carbocycles. The molecule has 0 aliphatic heterocycles. The molecule has 3 N–H and O–H groups in total. The predicted octanol–water partition coefficient (Wildman–Crippen LogP) is 2.75. The van der Waals surface area contributed by atoms with Gasteiger partial charge in [0.15, 0.2) is 0 Å². The van der Waals surface area contributed by atoms with Crippen LogP contribution in [-0.4, -0.2) is 18.1 Å². The van der Waals surface area contributed by atoms with Crippen molar-refractivity contribution >= 4 is 5.91 Å². The average Bonchev–Trinajstić information content (AvgIpc) is 2.51. The second kappa shape index (κ2) is 7.75. The molecule has 122 valence electrons. The zero-order chi connectivity index (χ0) is 16.0. The topological polar surface area (TPSA) is 64.3 Å². The van der Waals surface area contributed by atoms with Crippen molar-refractivity contribution in [1.29, 1.82) is 0 Å². The summed E-state index contributed by atoms with van der Waals surface area (Å²) in [5.41, 5.74) is 8.16. The summed E-state index contributed by atoms with van der Waals surface area (Å²) in [7, 11) is 0. The van der Waals surface area contributed by atoms with Crippen LogP contribution < -0.4 is 11.1 Å². The van der Waals surface area contributed by atoms with Crippen molar-refractivity contribution in [3.8, 4) is 0 Å². The minimum Gasteiger partial charge on any atom is -0.377 e. The zero-order valence-corrected chi connectivity index (χ0v) is 13.7. The number of benzene rings is 1. The summed E-state index contributed by atoms with van der Waals surface area (Å²) in [6.45, 7) is 5.90. The molecule has 0 aromatic heterocycles. The van der Waals surface area contributed by atoms with Crippen LogP contribution in [0.5, 0.6) is 0 Å². The Balaban J connectivity index is 1.85. The van der Waals surface area contributed by atoms with Crippen LogP contribution in [0.4, 0.5) is 0 Å². The molecule has 0 saturated heterocycles. The van der Waals surface area contributed by atoms with Crippen molar-refractivity contribution in [2.75, 3.05) is 6.61 Å². The van der Waals surface area contributed by atoms with Gasteiger partial charge >= 0.3 is 0 Å². The Bertz CT molecular complexity index is 482. The molecule has 0 radical (unpaired) electrons. The van der Waals surface area contributed by atoms with Gasteiger partial charge in [0, 0.05) is 18.7 Å². The summed E-state index contributed by atoms with van der Waals surface area (Å²) < 4.78 is 5.38. The van der Waals surface area contributed by atoms with E-state index in [4.69, 9.17) is 10.5 Å². The fourth-order valence-corrected chi connectivity index (χ4v) is 3.07. The van der Waals surface area contributed by atoms with E-state index in [1.807, 2.05) is 38.1 Å². The molecule has 1 fully saturated rings. The van der Waals surface area contributed by atoms with Crippen LogP contribution in [0.3, 0.4) is 0 Å². The number of ether oxygens (including phenoxy) is 1. The molecule has 1 aromatic rings. The van der Waals surface area contributed by atoms with Crippen LogP contribution in [0.25, 0.3) is 0 Å². The van der Waals surface area contributed by atoms with Crippen LogP contribution in [0, 0.1) is 5.92 Å². The molecule has 22 heavy (non-hydrogen) atoms. The van der Waals surface area contributed by atoms with E-state index in [2.05, 4.69) is 5.32 Å². The van der Waals surface area contributed by atoms with Crippen LogP contribution in [0.1, 0.15) is 50.7 Å². The first-order valence-electron chi connectivity index (χ1n) is 8.25. The first kappa shape index (κ1) is 17.0. The lowest BCUT2D eigenvalue weighted by atomic mass is 9.74. The lowest BCUT2D eigenvalue weighted by Crippen LogP contribution is -2.52. The van der Waals surface area contributed by atoms with Gasteiger partial charge in [-0.2, -0.15) is 0 Å². The van der Waals surface area contributed by atoms with Crippen LogP contribution in [-0.2, 0) is 22.7 Å². The molecule has 2 unspecified atom stereocenters. The van der Waals surface area contributed by atoms with Gasteiger partial charge in [0.25, 0.3) is 0 Å². The maximum Gasteiger partial charge on any atom is 0.225 e. The normalized spacial score (nSPS) is 25.0. The molecule has 0 bridgehead atoms. The van der Waals surface area contributed by atoms with Gasteiger partial charge in [-0.15, -0.1) is 0 Å². The van der Waals surface area contributed by atoms with Gasteiger partial charge in [-0.05, 0) is 37.8 Å². The Hall–Kier alpha value is -1.39. The molecular formula is C18H28N2O2. The Labute approximate surface area is 133 Å². The fraction of sp³-hybridized carbons (Fsp3) is 0.611. The van der Waals surface area contributed by atoms with Crippen molar-refractivity contribution < 1.29 is 9.53 Å². The molecule has 1 saturated carbocycles. The van der Waals surface area contributed by atoms with E-state index in [9.17, 15) is 4.79 Å². The Morgan fingerprint density at radius 2 is 2.00 bits per heavy atom. The second-order valence-electron chi connectivity index (χ2n) is 6.48. The van der Waals surface area contributed by atoms with Crippen LogP contribution in [0.15, 0.2) is 24.3 Å². The second-order valence-corrected chi connectivity index (χ2v) is 6.48. The summed E-state index contributed by atoms with van der Waals surface area (Å²) in [4.78, 5) is 12.4. The Kier molecular flexibility index (Phi) is 5.98. The molecule has 2 rings (SSSR count). The van der Waals surface area contributed by atoms with Gasteiger partial charge < -0.3 is 15.8 Å². The summed E-state index contributed by atoms with van der Waals surface area (Å²) >= 11 is 0. The molecule has 2 atom stereocenters. The Morgan fingerprint density at radius 1 is 1.32 bits per heavy atom. The number of hydrogen-bond acceptors (Lipinski definition) is 3. The average molecular weight is 304 g/mol. The number of nitrogens with two attached hydrogens (primary N) is 1. The molecule has 1 aliphatic rings. The smallest absolute Gasteiger partial charge is 0.225 e. The summed E-state index contributed by atoms with van der Waals surface area (Å²) in [5, 5.41) is 3.04. The highest BCUT2D eigenvalue weighted by atomic mass is 16.5. The maximum absolute atomic E-state index is 12.4. The standard InChI is InChI=1S/C18H28N2O2/c1-3-22-13-15-9-7-14(8-10-15)12-20-17(21)16-6-4-5-11-18(16,2)19/h7-10,16H,3-6,11-13,19H2,1-2H3,(H,20,21). The third kappa shape index (κ3) is 4.55. The van der Waals surface area contributed by atoms with Crippen molar-refractivity contribution in [3.05, 3.63) is 35.4 Å². The zero-order valence-electron chi connectivity index (χ0n) is 13.7. The highest BCUT2D eigenvalue weighted by Crippen LogP contribution is 2.31. The van der Waals surface area contributed by atoms with E-state index in [-0.39, 0.29) is 17.4 Å². The van der Waals surface area contributed by atoms with Crippen LogP contribution in [0.2, 0.25) is 0 Å². The van der Waals surface area contributed by atoms with E-state index >= 15 is 0 Å². The van der Waals surface area contributed by atoms with E-state index in [0.29, 0.717) is 13.2 Å². The molecule has 4 heteroatoms. The summed E-state index contributed by atoms with van der Waals surface area (Å²) in [6.07, 6.45) is 4.04. The predicted molar refractivity (Wildman–Crippen MR) is 88.2 cm³/mol. The number of carbonyl (C=O) groups excluding carboxylic acids is 1. The van der Waals surface area contributed by atoms with Gasteiger partial charge in [0.1, 0.15) is 0 Å². The van der Waals surface area contributed by atoms with Crippen molar-refractivity contribution in [2.24, 2.45) is 11.7 Å². The fourth-order valence-electron chi connectivity index (χ4n) is 3.07. The van der Waals surface area contributed by atoms with Gasteiger partial charge in [-0.1, -0.05) is 37.1 Å². The van der Waals surface area contributed by atoms with Gasteiger partial charge in [0.2, 0.25) is 5.91 Å². The first-order valence-corrected chi connectivity index (χ1v) is 8.25. The largest absolute Gasteiger partial charge is 0.377 e. The van der Waals surface area contributed by atoms with E-state index in [1.54, 1.807) is 0 Å². The summed E-state index contributed by atoms with van der Waals surface area (Å²) in [5.74, 6) is 0.0153. The molecule has 1 amide bonds. The quantitative estimate of drug-likeness (QED) is 0.849. The number of hydrogen-bond donors (Lipinski definition) is 2. The van der Waals surface area contributed by atoms with E-state index < -0.39 is 0 Å². The Morgan fingerprint density at radius 3 is 2.64 bits per heavy atom. The minimum atomic E-state index is -0.371.